The molecule has 32 heavy (non-hydrogen) atoms. The molecule has 0 fully saturated rings. The number of para-hydroxylation sites is 1. The van der Waals surface area contributed by atoms with Crippen molar-refractivity contribution in [2.75, 3.05) is 17.1 Å². The SMILES string of the molecule is Cc1ccc(CN(C(=O)CN(c2ccccc2F)S(C)(=O)=O)[C@@H](C)C(=O)NC(C)C)cc1. The fourth-order valence-corrected chi connectivity index (χ4v) is 3.98. The molecule has 0 aromatic heterocycles. The number of nitrogens with one attached hydrogen (secondary N) is 1. The Hall–Kier alpha value is -2.94. The average molecular weight is 464 g/mol. The van der Waals surface area contributed by atoms with Crippen molar-refractivity contribution in [3.05, 3.63) is 65.5 Å². The van der Waals surface area contributed by atoms with E-state index in [4.69, 9.17) is 0 Å². The predicted molar refractivity (Wildman–Crippen MR) is 123 cm³/mol. The van der Waals surface area contributed by atoms with Gasteiger partial charge in [-0.1, -0.05) is 42.0 Å². The van der Waals surface area contributed by atoms with Crippen LogP contribution in [0.25, 0.3) is 0 Å². The third kappa shape index (κ3) is 6.78. The van der Waals surface area contributed by atoms with E-state index in [1.165, 1.54) is 23.1 Å². The molecule has 0 bridgehead atoms. The molecule has 0 heterocycles. The van der Waals surface area contributed by atoms with Gasteiger partial charge in [-0.05, 0) is 45.4 Å². The number of carbonyl (C=O) groups is 2. The van der Waals surface area contributed by atoms with E-state index in [1.807, 2.05) is 31.2 Å². The molecular weight excluding hydrogens is 433 g/mol. The fourth-order valence-electron chi connectivity index (χ4n) is 3.13. The molecule has 0 radical (unpaired) electrons. The zero-order valence-corrected chi connectivity index (χ0v) is 19.8. The Morgan fingerprint density at radius 2 is 1.62 bits per heavy atom. The zero-order chi connectivity index (χ0) is 24.1. The van der Waals surface area contributed by atoms with Gasteiger partial charge in [-0.25, -0.2) is 12.8 Å². The van der Waals surface area contributed by atoms with Gasteiger partial charge in [-0.3, -0.25) is 13.9 Å². The van der Waals surface area contributed by atoms with Crippen molar-refractivity contribution in [3.63, 3.8) is 0 Å². The van der Waals surface area contributed by atoms with Crippen LogP contribution in [0.1, 0.15) is 31.9 Å². The lowest BCUT2D eigenvalue weighted by atomic mass is 10.1. The number of hydrogen-bond acceptors (Lipinski definition) is 4. The number of amides is 2. The molecule has 0 saturated carbocycles. The molecule has 1 N–H and O–H groups in total. The van der Waals surface area contributed by atoms with E-state index in [9.17, 15) is 22.4 Å². The number of rotatable bonds is 9. The van der Waals surface area contributed by atoms with Crippen molar-refractivity contribution in [2.24, 2.45) is 0 Å². The molecule has 0 saturated heterocycles. The maximum Gasteiger partial charge on any atom is 0.244 e. The first-order chi connectivity index (χ1) is 14.9. The molecule has 2 aromatic carbocycles. The molecular formula is C23H30FN3O4S. The molecule has 0 spiro atoms. The highest BCUT2D eigenvalue weighted by Crippen LogP contribution is 2.22. The molecule has 2 aromatic rings. The van der Waals surface area contributed by atoms with Gasteiger partial charge in [0.05, 0.1) is 11.9 Å². The van der Waals surface area contributed by atoms with Crippen LogP contribution in [0.15, 0.2) is 48.5 Å². The van der Waals surface area contributed by atoms with Crippen LogP contribution in [0.4, 0.5) is 10.1 Å². The second-order valence-corrected chi connectivity index (χ2v) is 9.97. The summed E-state index contributed by atoms with van der Waals surface area (Å²) in [6.45, 7) is 6.59. The summed E-state index contributed by atoms with van der Waals surface area (Å²) in [5.41, 5.74) is 1.60. The van der Waals surface area contributed by atoms with Crippen LogP contribution < -0.4 is 9.62 Å². The van der Waals surface area contributed by atoms with Gasteiger partial charge in [0.2, 0.25) is 21.8 Å². The number of aryl methyl sites for hydroxylation is 1. The summed E-state index contributed by atoms with van der Waals surface area (Å²) in [6, 6.07) is 11.8. The third-order valence-corrected chi connectivity index (χ3v) is 6.00. The molecule has 9 heteroatoms. The Morgan fingerprint density at radius 1 is 1.03 bits per heavy atom. The molecule has 174 valence electrons. The first kappa shape index (κ1) is 25.3. The van der Waals surface area contributed by atoms with Gasteiger partial charge in [-0.2, -0.15) is 0 Å². The summed E-state index contributed by atoms with van der Waals surface area (Å²) in [5, 5.41) is 2.77. The second kappa shape index (κ2) is 10.6. The van der Waals surface area contributed by atoms with Gasteiger partial charge in [-0.15, -0.1) is 0 Å². The van der Waals surface area contributed by atoms with Crippen molar-refractivity contribution >= 4 is 27.5 Å². The number of halogens is 1. The first-order valence-electron chi connectivity index (χ1n) is 10.3. The molecule has 0 aliphatic rings. The van der Waals surface area contributed by atoms with Crippen molar-refractivity contribution < 1.29 is 22.4 Å². The topological polar surface area (TPSA) is 86.8 Å². The largest absolute Gasteiger partial charge is 0.352 e. The van der Waals surface area contributed by atoms with Gasteiger partial charge in [0.1, 0.15) is 18.4 Å². The van der Waals surface area contributed by atoms with Crippen LogP contribution in [0.5, 0.6) is 0 Å². The maximum absolute atomic E-state index is 14.3. The van der Waals surface area contributed by atoms with Gasteiger partial charge < -0.3 is 10.2 Å². The number of benzene rings is 2. The van der Waals surface area contributed by atoms with E-state index in [2.05, 4.69) is 5.32 Å². The Balaban J connectivity index is 2.39. The smallest absolute Gasteiger partial charge is 0.244 e. The van der Waals surface area contributed by atoms with Crippen LogP contribution in [-0.4, -0.2) is 50.0 Å². The fraction of sp³-hybridized carbons (Fsp3) is 0.391. The van der Waals surface area contributed by atoms with Gasteiger partial charge in [0, 0.05) is 12.6 Å². The van der Waals surface area contributed by atoms with Crippen molar-refractivity contribution in [1.29, 1.82) is 0 Å². The van der Waals surface area contributed by atoms with E-state index < -0.39 is 34.3 Å². The van der Waals surface area contributed by atoms with E-state index in [0.29, 0.717) is 0 Å². The minimum absolute atomic E-state index is 0.0979. The van der Waals surface area contributed by atoms with Crippen LogP contribution in [0.3, 0.4) is 0 Å². The highest BCUT2D eigenvalue weighted by molar-refractivity contribution is 7.92. The molecule has 7 nitrogen and oxygen atoms in total. The Bertz CT molecular complexity index is 1060. The number of hydrogen-bond donors (Lipinski definition) is 1. The van der Waals surface area contributed by atoms with E-state index in [1.54, 1.807) is 20.8 Å². The Kier molecular flexibility index (Phi) is 8.38. The van der Waals surface area contributed by atoms with Gasteiger partial charge in [0.25, 0.3) is 0 Å². The number of sulfonamides is 1. The standard InChI is InChI=1S/C23H30FN3O4S/c1-16(2)25-23(29)18(4)26(14-19-12-10-17(3)11-13-19)22(28)15-27(32(5,30)31)21-9-7-6-8-20(21)24/h6-13,16,18H,14-15H2,1-5H3,(H,25,29)/t18-/m0/s1. The van der Waals surface area contributed by atoms with Gasteiger partial charge >= 0.3 is 0 Å². The quantitative estimate of drug-likeness (QED) is 0.620. The molecule has 0 aliphatic heterocycles. The highest BCUT2D eigenvalue weighted by atomic mass is 32.2. The lowest BCUT2D eigenvalue weighted by Gasteiger charge is -2.32. The van der Waals surface area contributed by atoms with Crippen molar-refractivity contribution in [3.8, 4) is 0 Å². The lowest BCUT2D eigenvalue weighted by Crippen LogP contribution is -2.52. The van der Waals surface area contributed by atoms with E-state index in [0.717, 1.165) is 27.8 Å². The molecule has 0 unspecified atom stereocenters. The average Bonchev–Trinajstić information content (AvgIpc) is 2.70. The summed E-state index contributed by atoms with van der Waals surface area (Å²) in [4.78, 5) is 27.3. The molecule has 0 aliphatic carbocycles. The van der Waals surface area contributed by atoms with E-state index in [-0.39, 0.29) is 24.2 Å². The van der Waals surface area contributed by atoms with Gasteiger partial charge in [0.15, 0.2) is 0 Å². The summed E-state index contributed by atoms with van der Waals surface area (Å²) < 4.78 is 39.9. The van der Waals surface area contributed by atoms with Crippen molar-refractivity contribution in [2.45, 2.75) is 46.3 Å². The predicted octanol–water partition coefficient (Wildman–Crippen LogP) is 2.84. The summed E-state index contributed by atoms with van der Waals surface area (Å²) in [7, 11) is -3.97. The summed E-state index contributed by atoms with van der Waals surface area (Å²) >= 11 is 0. The molecule has 2 rings (SSSR count). The second-order valence-electron chi connectivity index (χ2n) is 8.07. The highest BCUT2D eigenvalue weighted by Gasteiger charge is 2.31. The molecule has 1 atom stereocenters. The maximum atomic E-state index is 14.3. The summed E-state index contributed by atoms with van der Waals surface area (Å²) in [5.74, 6) is -1.75. The lowest BCUT2D eigenvalue weighted by molar-refractivity contribution is -0.139. The van der Waals surface area contributed by atoms with Crippen LogP contribution in [0.2, 0.25) is 0 Å². The number of carbonyl (C=O) groups excluding carboxylic acids is 2. The summed E-state index contributed by atoms with van der Waals surface area (Å²) in [6.07, 6.45) is 0.909. The van der Waals surface area contributed by atoms with Crippen LogP contribution in [-0.2, 0) is 26.2 Å². The Morgan fingerprint density at radius 3 is 2.16 bits per heavy atom. The van der Waals surface area contributed by atoms with Crippen LogP contribution >= 0.6 is 0 Å². The zero-order valence-electron chi connectivity index (χ0n) is 19.0. The van der Waals surface area contributed by atoms with E-state index >= 15 is 0 Å². The van der Waals surface area contributed by atoms with Crippen LogP contribution in [0, 0.1) is 12.7 Å². The molecule has 2 amide bonds. The number of anilines is 1. The third-order valence-electron chi connectivity index (χ3n) is 4.87. The minimum atomic E-state index is -3.97. The normalized spacial score (nSPS) is 12.3. The Labute approximate surface area is 189 Å². The first-order valence-corrected chi connectivity index (χ1v) is 12.1. The minimum Gasteiger partial charge on any atom is -0.352 e. The monoisotopic (exact) mass is 463 g/mol. The number of nitrogens with zero attached hydrogens (tertiary/aromatic N) is 2. The van der Waals surface area contributed by atoms with Crippen molar-refractivity contribution in [1.82, 2.24) is 10.2 Å².